The molecule has 1 saturated heterocycles. The van der Waals surface area contributed by atoms with Crippen molar-refractivity contribution in [3.05, 3.63) is 0 Å². The molecule has 1 atom stereocenters. The molecule has 2 aliphatic heterocycles. The van der Waals surface area contributed by atoms with Crippen LogP contribution in [0.15, 0.2) is 4.99 Å². The average Bonchev–Trinajstić information content (AvgIpc) is 2.97. The molecule has 0 aromatic carbocycles. The molecule has 1 fully saturated rings. The molecular weight excluding hydrogens is 264 g/mol. The first kappa shape index (κ1) is 14.5. The van der Waals surface area contributed by atoms with Gasteiger partial charge < -0.3 is 4.90 Å². The minimum atomic E-state index is 0.323. The van der Waals surface area contributed by atoms with Gasteiger partial charge in [-0.25, -0.2) is 4.99 Å². The van der Waals surface area contributed by atoms with Gasteiger partial charge in [0.25, 0.3) is 0 Å². The van der Waals surface area contributed by atoms with Crippen LogP contribution >= 0.6 is 21.6 Å². The van der Waals surface area contributed by atoms with E-state index in [0.29, 0.717) is 5.50 Å². The Kier molecular flexibility index (Phi) is 5.66. The van der Waals surface area contributed by atoms with Crippen LogP contribution in [0.25, 0.3) is 0 Å². The van der Waals surface area contributed by atoms with Gasteiger partial charge in [0.2, 0.25) is 0 Å². The summed E-state index contributed by atoms with van der Waals surface area (Å²) in [7, 11) is 7.81. The zero-order chi connectivity index (χ0) is 13.0. The predicted molar refractivity (Wildman–Crippen MR) is 82.8 cm³/mol. The van der Waals surface area contributed by atoms with E-state index in [9.17, 15) is 0 Å². The molecule has 2 heterocycles. The lowest BCUT2D eigenvalue weighted by atomic mass is 10.2. The number of hydrogen-bond acceptors (Lipinski definition) is 6. The topological polar surface area (TPSA) is 22.1 Å². The molecule has 0 N–H and O–H groups in total. The van der Waals surface area contributed by atoms with Crippen molar-refractivity contribution >= 4 is 26.8 Å². The van der Waals surface area contributed by atoms with Gasteiger partial charge in [0, 0.05) is 27.2 Å². The fraction of sp³-hybridized carbons (Fsp3) is 0.917. The first-order valence-electron chi connectivity index (χ1n) is 6.75. The Morgan fingerprint density at radius 2 is 2.17 bits per heavy atom. The second kappa shape index (κ2) is 7.03. The minimum Gasteiger partial charge on any atom is -0.357 e. The number of nitrogens with zero attached hydrogens (tertiary/aromatic N) is 4. The van der Waals surface area contributed by atoms with E-state index in [1.165, 1.54) is 32.4 Å². The van der Waals surface area contributed by atoms with Crippen LogP contribution in [-0.4, -0.2) is 65.8 Å². The maximum Gasteiger partial charge on any atom is 0.172 e. The highest BCUT2D eigenvalue weighted by Crippen LogP contribution is 2.39. The highest BCUT2D eigenvalue weighted by Gasteiger charge is 2.31. The monoisotopic (exact) mass is 288 g/mol. The van der Waals surface area contributed by atoms with E-state index in [0.717, 1.165) is 18.4 Å². The van der Waals surface area contributed by atoms with Gasteiger partial charge in [0.15, 0.2) is 10.7 Å². The van der Waals surface area contributed by atoms with Crippen LogP contribution in [0.5, 0.6) is 0 Å². The average molecular weight is 288 g/mol. The standard InChI is InChI=1S/C12H24N4S2/c1-4-5-6-7-15-8-9-16(10-15)12-13-11(14(2)3)17-18-12/h12H,4-10H2,1-3H3. The molecule has 0 aromatic rings. The number of aliphatic imine (C=N–C) groups is 1. The number of rotatable bonds is 5. The zero-order valence-electron chi connectivity index (χ0n) is 11.6. The third-order valence-electron chi connectivity index (χ3n) is 3.29. The van der Waals surface area contributed by atoms with Gasteiger partial charge in [0.1, 0.15) is 0 Å². The molecular formula is C12H24N4S2. The molecule has 4 nitrogen and oxygen atoms in total. The lowest BCUT2D eigenvalue weighted by Crippen LogP contribution is -2.31. The Bertz CT molecular complexity index is 296. The summed E-state index contributed by atoms with van der Waals surface area (Å²) in [5, 5.41) is 1.15. The number of hydrogen-bond donors (Lipinski definition) is 0. The third kappa shape index (κ3) is 3.79. The number of unbranched alkanes of at least 4 members (excludes halogenated alkanes) is 2. The van der Waals surface area contributed by atoms with E-state index in [2.05, 4.69) is 35.7 Å². The van der Waals surface area contributed by atoms with Crippen LogP contribution in [-0.2, 0) is 0 Å². The van der Waals surface area contributed by atoms with E-state index >= 15 is 0 Å². The Balaban J connectivity index is 1.76. The first-order valence-corrected chi connectivity index (χ1v) is 8.97. The smallest absolute Gasteiger partial charge is 0.172 e. The second-order valence-corrected chi connectivity index (χ2v) is 7.31. The zero-order valence-corrected chi connectivity index (χ0v) is 13.3. The van der Waals surface area contributed by atoms with Gasteiger partial charge in [-0.3, -0.25) is 9.80 Å². The predicted octanol–water partition coefficient (Wildman–Crippen LogP) is 2.35. The lowest BCUT2D eigenvalue weighted by molar-refractivity contribution is 0.235. The van der Waals surface area contributed by atoms with Gasteiger partial charge in [-0.1, -0.05) is 19.8 Å². The molecule has 104 valence electrons. The Morgan fingerprint density at radius 1 is 1.33 bits per heavy atom. The van der Waals surface area contributed by atoms with Crippen molar-refractivity contribution in [3.63, 3.8) is 0 Å². The van der Waals surface area contributed by atoms with Crippen LogP contribution in [0.4, 0.5) is 0 Å². The maximum atomic E-state index is 4.77. The summed E-state index contributed by atoms with van der Waals surface area (Å²) in [5.41, 5.74) is 0.323. The summed E-state index contributed by atoms with van der Waals surface area (Å²) in [6.45, 7) is 6.97. The van der Waals surface area contributed by atoms with Gasteiger partial charge in [0.05, 0.1) is 6.67 Å². The van der Waals surface area contributed by atoms with E-state index in [1.54, 1.807) is 10.8 Å². The van der Waals surface area contributed by atoms with Crippen LogP contribution in [0.2, 0.25) is 0 Å². The molecule has 0 bridgehead atoms. The quantitative estimate of drug-likeness (QED) is 0.570. The summed E-state index contributed by atoms with van der Waals surface area (Å²) in [4.78, 5) is 11.9. The van der Waals surface area contributed by atoms with Crippen molar-refractivity contribution in [1.29, 1.82) is 0 Å². The molecule has 0 amide bonds. The van der Waals surface area contributed by atoms with Gasteiger partial charge >= 0.3 is 0 Å². The summed E-state index contributed by atoms with van der Waals surface area (Å²) < 4.78 is 0. The summed E-state index contributed by atoms with van der Waals surface area (Å²) in [5.74, 6) is 0. The van der Waals surface area contributed by atoms with Gasteiger partial charge in [-0.05, 0) is 34.6 Å². The van der Waals surface area contributed by atoms with Crippen molar-refractivity contribution in [3.8, 4) is 0 Å². The fourth-order valence-corrected chi connectivity index (χ4v) is 4.73. The van der Waals surface area contributed by atoms with E-state index in [4.69, 9.17) is 4.99 Å². The van der Waals surface area contributed by atoms with Crippen molar-refractivity contribution in [2.24, 2.45) is 4.99 Å². The largest absolute Gasteiger partial charge is 0.357 e. The maximum absolute atomic E-state index is 4.77. The van der Waals surface area contributed by atoms with E-state index < -0.39 is 0 Å². The van der Waals surface area contributed by atoms with E-state index in [-0.39, 0.29) is 0 Å². The molecule has 2 rings (SSSR count). The minimum absolute atomic E-state index is 0.323. The van der Waals surface area contributed by atoms with Crippen molar-refractivity contribution in [1.82, 2.24) is 14.7 Å². The van der Waals surface area contributed by atoms with Crippen molar-refractivity contribution < 1.29 is 0 Å². The number of amidine groups is 1. The Morgan fingerprint density at radius 3 is 2.83 bits per heavy atom. The van der Waals surface area contributed by atoms with Crippen LogP contribution in [0.1, 0.15) is 26.2 Å². The SMILES string of the molecule is CCCCCN1CCN(C2N=C(N(C)C)SS2)C1. The summed E-state index contributed by atoms with van der Waals surface area (Å²) in [6.07, 6.45) is 4.00. The second-order valence-electron chi connectivity index (χ2n) is 5.09. The molecule has 0 aliphatic carbocycles. The highest BCUT2D eigenvalue weighted by molar-refractivity contribution is 8.82. The molecule has 0 radical (unpaired) electrons. The first-order chi connectivity index (χ1) is 8.70. The highest BCUT2D eigenvalue weighted by atomic mass is 33.1. The van der Waals surface area contributed by atoms with Gasteiger partial charge in [-0.15, -0.1) is 0 Å². The fourth-order valence-electron chi connectivity index (χ4n) is 2.17. The van der Waals surface area contributed by atoms with Crippen LogP contribution < -0.4 is 0 Å². The third-order valence-corrected chi connectivity index (χ3v) is 5.83. The molecule has 0 spiro atoms. The van der Waals surface area contributed by atoms with Crippen molar-refractivity contribution in [2.75, 3.05) is 40.4 Å². The Labute approximate surface area is 119 Å². The molecule has 1 unspecified atom stereocenters. The summed E-state index contributed by atoms with van der Waals surface area (Å²) >= 11 is 0. The van der Waals surface area contributed by atoms with E-state index in [1.807, 2.05) is 10.8 Å². The normalized spacial score (nSPS) is 25.7. The summed E-state index contributed by atoms with van der Waals surface area (Å²) in [6, 6.07) is 0. The molecule has 18 heavy (non-hydrogen) atoms. The van der Waals surface area contributed by atoms with Crippen molar-refractivity contribution in [2.45, 2.75) is 31.7 Å². The molecule has 0 aromatic heterocycles. The van der Waals surface area contributed by atoms with Crippen LogP contribution in [0.3, 0.4) is 0 Å². The molecule has 6 heteroatoms. The van der Waals surface area contributed by atoms with Gasteiger partial charge in [-0.2, -0.15) is 0 Å². The Hall–Kier alpha value is 0.0900. The van der Waals surface area contributed by atoms with Crippen LogP contribution in [0, 0.1) is 0 Å². The lowest BCUT2D eigenvalue weighted by Gasteiger charge is -2.20. The molecule has 2 aliphatic rings. The molecule has 0 saturated carbocycles.